The highest BCUT2D eigenvalue weighted by Gasteiger charge is 2.46. The fourth-order valence-corrected chi connectivity index (χ4v) is 3.33. The Morgan fingerprint density at radius 2 is 1.73 bits per heavy atom. The molecule has 6 heteroatoms. The maximum atomic E-state index is 13.5. The molecule has 1 saturated heterocycles. The monoisotopic (exact) mass is 371 g/mol. The molecule has 3 nitrogen and oxygen atoms in total. The number of hydrogen-bond donors (Lipinski definition) is 0. The molecule has 6 atom stereocenters. The van der Waals surface area contributed by atoms with E-state index in [0.717, 1.165) is 6.42 Å². The fourth-order valence-electron chi connectivity index (χ4n) is 3.33. The quantitative estimate of drug-likeness (QED) is 0.482. The Labute approximate surface area is 153 Å². The number of para-hydroxylation sites is 1. The molecule has 1 aliphatic heterocycles. The van der Waals surface area contributed by atoms with Crippen molar-refractivity contribution >= 4 is 11.6 Å². The molecule has 0 aliphatic carbocycles. The third-order valence-electron chi connectivity index (χ3n) is 5.56. The second kappa shape index (κ2) is 8.42. The van der Waals surface area contributed by atoms with Gasteiger partial charge in [-0.15, -0.1) is 0 Å². The van der Waals surface area contributed by atoms with E-state index in [2.05, 4.69) is 25.8 Å². The number of nitrogens with zero attached hydrogens (tertiary/aromatic N) is 1. The maximum absolute atomic E-state index is 13.5. The van der Waals surface area contributed by atoms with E-state index >= 15 is 0 Å². The molecule has 0 amide bonds. The molecule has 1 fully saturated rings. The predicted molar refractivity (Wildman–Crippen MR) is 96.3 cm³/mol. The van der Waals surface area contributed by atoms with Gasteiger partial charge in [0.2, 0.25) is 6.29 Å². The van der Waals surface area contributed by atoms with Gasteiger partial charge in [-0.3, -0.25) is 0 Å². The average molecular weight is 371 g/mol. The van der Waals surface area contributed by atoms with Crippen LogP contribution in [0, 0.1) is 23.7 Å². The van der Waals surface area contributed by atoms with Crippen molar-refractivity contribution in [2.24, 2.45) is 28.7 Å². The fraction of sp³-hybridized carbons (Fsp3) is 0.650. The van der Waals surface area contributed by atoms with Crippen molar-refractivity contribution in [1.82, 2.24) is 0 Å². The molecule has 0 spiro atoms. The number of rotatable bonds is 4. The molecule has 0 bridgehead atoms. The molecule has 2 rings (SSSR count). The van der Waals surface area contributed by atoms with Crippen LogP contribution in [0.1, 0.15) is 41.0 Å². The Hall–Kier alpha value is -1.56. The first kappa shape index (κ1) is 20.7. The molecule has 146 valence electrons. The zero-order valence-electron chi connectivity index (χ0n) is 16.0. The van der Waals surface area contributed by atoms with Gasteiger partial charge < -0.3 is 9.47 Å². The number of ether oxygens (including phenoxy) is 2. The van der Waals surface area contributed by atoms with E-state index in [4.69, 9.17) is 9.47 Å². The summed E-state index contributed by atoms with van der Waals surface area (Å²) in [6.45, 7) is 10.1. The minimum absolute atomic E-state index is 0.137. The number of alkyl halides is 3. The Morgan fingerprint density at radius 1 is 1.12 bits per heavy atom. The predicted octanol–water partition coefficient (Wildman–Crippen LogP) is 5.97. The van der Waals surface area contributed by atoms with Gasteiger partial charge in [-0.1, -0.05) is 59.2 Å². The lowest BCUT2D eigenvalue weighted by Crippen LogP contribution is -2.49. The number of hydrogen-bond acceptors (Lipinski definition) is 3. The summed E-state index contributed by atoms with van der Waals surface area (Å²) in [4.78, 5) is 3.68. The van der Waals surface area contributed by atoms with Gasteiger partial charge >= 0.3 is 6.18 Å². The van der Waals surface area contributed by atoms with Crippen LogP contribution in [0.15, 0.2) is 35.3 Å². The van der Waals surface area contributed by atoms with Gasteiger partial charge in [-0.2, -0.15) is 13.2 Å². The van der Waals surface area contributed by atoms with Crippen LogP contribution < -0.4 is 0 Å². The number of benzene rings is 1. The zero-order chi connectivity index (χ0) is 19.5. The van der Waals surface area contributed by atoms with Gasteiger partial charge in [0.25, 0.3) is 5.90 Å². The second-order valence-electron chi connectivity index (χ2n) is 7.30. The van der Waals surface area contributed by atoms with E-state index in [-0.39, 0.29) is 35.5 Å². The molecular weight excluding hydrogens is 343 g/mol. The highest BCUT2D eigenvalue weighted by atomic mass is 19.4. The first-order valence-corrected chi connectivity index (χ1v) is 9.18. The van der Waals surface area contributed by atoms with Crippen LogP contribution in [-0.2, 0) is 9.47 Å². The minimum Gasteiger partial charge on any atom is -0.444 e. The molecule has 0 saturated carbocycles. The minimum atomic E-state index is -4.68. The van der Waals surface area contributed by atoms with Gasteiger partial charge in [0, 0.05) is 5.92 Å². The standard InChI is InChI=1S/C20H28F3NO2/c1-6-12(2)17-14(4)13(3)15(5)18(25-17)26-19(20(21,22)23)24-16-10-8-7-9-11-16/h7-15,17-18H,6H2,1-5H3/b24-19+/t12-,13-,14-,15?,17?,18-/m0/s1. The van der Waals surface area contributed by atoms with Crippen molar-refractivity contribution in [3.05, 3.63) is 30.3 Å². The topological polar surface area (TPSA) is 30.8 Å². The van der Waals surface area contributed by atoms with Crippen LogP contribution in [0.4, 0.5) is 18.9 Å². The summed E-state index contributed by atoms with van der Waals surface area (Å²) in [5, 5.41) is 0. The zero-order valence-corrected chi connectivity index (χ0v) is 16.0. The largest absolute Gasteiger partial charge is 0.468 e. The lowest BCUT2D eigenvalue weighted by atomic mass is 9.75. The van der Waals surface area contributed by atoms with E-state index in [0.29, 0.717) is 0 Å². The lowest BCUT2D eigenvalue weighted by molar-refractivity contribution is -0.238. The summed E-state index contributed by atoms with van der Waals surface area (Å²) < 4.78 is 51.7. The van der Waals surface area contributed by atoms with E-state index in [1.807, 2.05) is 13.8 Å². The molecular formula is C20H28F3NO2. The van der Waals surface area contributed by atoms with Crippen molar-refractivity contribution in [2.75, 3.05) is 0 Å². The number of halogens is 3. The number of aliphatic imine (C=N–C) groups is 1. The van der Waals surface area contributed by atoms with Crippen molar-refractivity contribution in [1.29, 1.82) is 0 Å². The third-order valence-corrected chi connectivity index (χ3v) is 5.56. The van der Waals surface area contributed by atoms with Crippen LogP contribution in [-0.4, -0.2) is 24.5 Å². The van der Waals surface area contributed by atoms with Gasteiger partial charge in [-0.05, 0) is 29.9 Å². The SMILES string of the molecule is CC[C@H](C)C1O[C@@H](O/C(=N/c2ccccc2)C(F)(F)F)C(C)[C@@H](C)[C@@H]1C. The lowest BCUT2D eigenvalue weighted by Gasteiger charge is -2.45. The molecule has 0 aromatic heterocycles. The molecule has 1 heterocycles. The molecule has 2 unspecified atom stereocenters. The van der Waals surface area contributed by atoms with Gasteiger partial charge in [0.15, 0.2) is 0 Å². The Bertz CT molecular complexity index is 603. The second-order valence-corrected chi connectivity index (χ2v) is 7.30. The summed E-state index contributed by atoms with van der Waals surface area (Å²) in [7, 11) is 0. The van der Waals surface area contributed by atoms with Crippen LogP contribution in [0.5, 0.6) is 0 Å². The summed E-state index contributed by atoms with van der Waals surface area (Å²) in [5.74, 6) is -0.760. The summed E-state index contributed by atoms with van der Waals surface area (Å²) in [6.07, 6.45) is -4.89. The first-order valence-electron chi connectivity index (χ1n) is 9.18. The van der Waals surface area contributed by atoms with Crippen molar-refractivity contribution in [3.63, 3.8) is 0 Å². The molecule has 0 N–H and O–H groups in total. The molecule has 26 heavy (non-hydrogen) atoms. The normalized spacial score (nSPS) is 31.5. The van der Waals surface area contributed by atoms with Gasteiger partial charge in [0.05, 0.1) is 11.8 Å². The van der Waals surface area contributed by atoms with Crippen molar-refractivity contribution < 1.29 is 22.6 Å². The van der Waals surface area contributed by atoms with Crippen LogP contribution in [0.3, 0.4) is 0 Å². The van der Waals surface area contributed by atoms with E-state index in [1.54, 1.807) is 18.2 Å². The third kappa shape index (κ3) is 4.78. The van der Waals surface area contributed by atoms with Gasteiger partial charge in [-0.25, -0.2) is 4.99 Å². The Balaban J connectivity index is 2.27. The molecule has 0 radical (unpaired) electrons. The van der Waals surface area contributed by atoms with E-state index in [1.165, 1.54) is 12.1 Å². The van der Waals surface area contributed by atoms with Crippen LogP contribution >= 0.6 is 0 Å². The van der Waals surface area contributed by atoms with E-state index in [9.17, 15) is 13.2 Å². The average Bonchev–Trinajstić information content (AvgIpc) is 2.60. The molecule has 1 aromatic carbocycles. The van der Waals surface area contributed by atoms with Crippen LogP contribution in [0.2, 0.25) is 0 Å². The smallest absolute Gasteiger partial charge is 0.444 e. The Kier molecular flexibility index (Phi) is 6.72. The summed E-state index contributed by atoms with van der Waals surface area (Å²) in [5.41, 5.74) is 0.197. The van der Waals surface area contributed by atoms with Crippen LogP contribution in [0.25, 0.3) is 0 Å². The highest BCUT2D eigenvalue weighted by Crippen LogP contribution is 2.39. The van der Waals surface area contributed by atoms with E-state index < -0.39 is 18.4 Å². The van der Waals surface area contributed by atoms with Crippen molar-refractivity contribution in [3.8, 4) is 0 Å². The maximum Gasteiger partial charge on any atom is 0.468 e. The summed E-state index contributed by atoms with van der Waals surface area (Å²) >= 11 is 0. The summed E-state index contributed by atoms with van der Waals surface area (Å²) in [6, 6.07) is 8.00. The van der Waals surface area contributed by atoms with Gasteiger partial charge in [0.1, 0.15) is 0 Å². The first-order chi connectivity index (χ1) is 12.1. The Morgan fingerprint density at radius 3 is 2.27 bits per heavy atom. The molecule has 1 aromatic rings. The van der Waals surface area contributed by atoms with Crippen molar-refractivity contribution in [2.45, 2.75) is 59.6 Å². The highest BCUT2D eigenvalue weighted by molar-refractivity contribution is 5.84. The molecule has 1 aliphatic rings.